The lowest BCUT2D eigenvalue weighted by atomic mass is 9.91. The van der Waals surface area contributed by atoms with Crippen molar-refractivity contribution in [1.29, 1.82) is 0 Å². The van der Waals surface area contributed by atoms with Crippen LogP contribution >= 0.6 is 0 Å². The average Bonchev–Trinajstić information content (AvgIpc) is 2.91. The highest BCUT2D eigenvalue weighted by Gasteiger charge is 2.36. The van der Waals surface area contributed by atoms with Gasteiger partial charge in [-0.1, -0.05) is 51.1 Å². The Hall–Kier alpha value is -0.860. The van der Waals surface area contributed by atoms with Crippen molar-refractivity contribution in [2.75, 3.05) is 26.2 Å². The fourth-order valence-electron chi connectivity index (χ4n) is 3.80. The van der Waals surface area contributed by atoms with Gasteiger partial charge in [0.25, 0.3) is 0 Å². The molecule has 2 fully saturated rings. The molecule has 0 amide bonds. The van der Waals surface area contributed by atoms with Gasteiger partial charge >= 0.3 is 0 Å². The van der Waals surface area contributed by atoms with E-state index in [1.807, 2.05) is 0 Å². The van der Waals surface area contributed by atoms with Crippen molar-refractivity contribution in [1.82, 2.24) is 9.80 Å². The van der Waals surface area contributed by atoms with E-state index in [0.717, 1.165) is 6.04 Å². The molecule has 0 spiro atoms. The Bertz CT molecular complexity index is 448. The molecule has 0 aliphatic carbocycles. The molecule has 1 aromatic carbocycles. The van der Waals surface area contributed by atoms with E-state index in [4.69, 9.17) is 0 Å². The van der Waals surface area contributed by atoms with Crippen LogP contribution in [0.3, 0.4) is 0 Å². The molecule has 0 N–H and O–H groups in total. The van der Waals surface area contributed by atoms with Crippen LogP contribution in [0.5, 0.6) is 0 Å². The number of piperazine rings is 1. The summed E-state index contributed by atoms with van der Waals surface area (Å²) < 4.78 is 0. The second-order valence-corrected chi connectivity index (χ2v) is 8.02. The lowest BCUT2D eigenvalue weighted by molar-refractivity contribution is 0.0432. The van der Waals surface area contributed by atoms with Gasteiger partial charge in [-0.3, -0.25) is 9.80 Å². The van der Waals surface area contributed by atoms with E-state index in [-0.39, 0.29) is 0 Å². The van der Waals surface area contributed by atoms with Crippen LogP contribution in [0, 0.1) is 5.41 Å². The van der Waals surface area contributed by atoms with Gasteiger partial charge < -0.3 is 0 Å². The Labute approximate surface area is 130 Å². The van der Waals surface area contributed by atoms with Gasteiger partial charge in [0.2, 0.25) is 0 Å². The van der Waals surface area contributed by atoms with E-state index in [1.165, 1.54) is 51.0 Å². The third-order valence-electron chi connectivity index (χ3n) is 5.13. The lowest BCUT2D eigenvalue weighted by Crippen LogP contribution is -2.52. The van der Waals surface area contributed by atoms with Crippen LogP contribution in [-0.4, -0.2) is 42.0 Å². The molecule has 0 bridgehead atoms. The number of fused-ring (bicyclic) bond motifs is 1. The molecule has 2 unspecified atom stereocenters. The molecule has 3 rings (SSSR count). The number of hydrogen-bond acceptors (Lipinski definition) is 2. The van der Waals surface area contributed by atoms with Crippen molar-refractivity contribution in [3.05, 3.63) is 35.9 Å². The molecule has 21 heavy (non-hydrogen) atoms. The Kier molecular flexibility index (Phi) is 4.37. The molecule has 116 valence electrons. The largest absolute Gasteiger partial charge is 0.297 e. The standard InChI is InChI=1S/C19H30N2/c1-19(2,3)11-13-21-14-17-10-7-12-20(17)15-18(21)16-8-5-4-6-9-16/h4-6,8-9,17-18H,7,10-15H2,1-3H3. The molecule has 2 heteroatoms. The molecule has 1 aromatic rings. The van der Waals surface area contributed by atoms with Crippen LogP contribution in [-0.2, 0) is 0 Å². The molecule has 0 saturated carbocycles. The molecule has 2 saturated heterocycles. The lowest BCUT2D eigenvalue weighted by Gasteiger charge is -2.44. The van der Waals surface area contributed by atoms with Gasteiger partial charge in [0.05, 0.1) is 0 Å². The summed E-state index contributed by atoms with van der Waals surface area (Å²) in [6, 6.07) is 12.5. The van der Waals surface area contributed by atoms with E-state index in [0.29, 0.717) is 11.5 Å². The van der Waals surface area contributed by atoms with Crippen molar-refractivity contribution in [2.24, 2.45) is 5.41 Å². The minimum atomic E-state index is 0.425. The summed E-state index contributed by atoms with van der Waals surface area (Å²) in [5.41, 5.74) is 1.92. The van der Waals surface area contributed by atoms with Gasteiger partial charge in [-0.2, -0.15) is 0 Å². The van der Waals surface area contributed by atoms with E-state index in [1.54, 1.807) is 0 Å². The first-order valence-corrected chi connectivity index (χ1v) is 8.56. The minimum absolute atomic E-state index is 0.425. The van der Waals surface area contributed by atoms with Gasteiger partial charge in [0.1, 0.15) is 0 Å². The van der Waals surface area contributed by atoms with Crippen LogP contribution in [0.25, 0.3) is 0 Å². The Morgan fingerprint density at radius 2 is 1.86 bits per heavy atom. The SMILES string of the molecule is CC(C)(C)CCN1CC2CCCN2CC1c1ccccc1. The maximum atomic E-state index is 2.76. The fraction of sp³-hybridized carbons (Fsp3) is 0.684. The zero-order chi connectivity index (χ0) is 14.9. The van der Waals surface area contributed by atoms with Crippen molar-refractivity contribution < 1.29 is 0 Å². The normalized spacial score (nSPS) is 27.8. The topological polar surface area (TPSA) is 6.48 Å². The summed E-state index contributed by atoms with van der Waals surface area (Å²) in [5.74, 6) is 0. The molecule has 2 heterocycles. The minimum Gasteiger partial charge on any atom is -0.297 e. The van der Waals surface area contributed by atoms with Crippen molar-refractivity contribution in [2.45, 2.75) is 52.1 Å². The first-order chi connectivity index (χ1) is 10.0. The zero-order valence-electron chi connectivity index (χ0n) is 13.9. The van der Waals surface area contributed by atoms with Crippen molar-refractivity contribution in [3.8, 4) is 0 Å². The average molecular weight is 286 g/mol. The summed E-state index contributed by atoms with van der Waals surface area (Å²) in [6.07, 6.45) is 4.07. The van der Waals surface area contributed by atoms with Gasteiger partial charge in [-0.05, 0) is 43.3 Å². The molecule has 2 nitrogen and oxygen atoms in total. The number of benzene rings is 1. The van der Waals surface area contributed by atoms with Crippen LogP contribution in [0.4, 0.5) is 0 Å². The highest BCUT2D eigenvalue weighted by Crippen LogP contribution is 2.33. The van der Waals surface area contributed by atoms with E-state index in [9.17, 15) is 0 Å². The number of nitrogens with zero attached hydrogens (tertiary/aromatic N) is 2. The summed E-state index contributed by atoms with van der Waals surface area (Å²) >= 11 is 0. The molecule has 0 radical (unpaired) electrons. The molecular weight excluding hydrogens is 256 g/mol. The monoisotopic (exact) mass is 286 g/mol. The molecule has 2 aliphatic rings. The van der Waals surface area contributed by atoms with Crippen LogP contribution in [0.1, 0.15) is 51.6 Å². The summed E-state index contributed by atoms with van der Waals surface area (Å²) in [7, 11) is 0. The molecule has 2 aliphatic heterocycles. The van der Waals surface area contributed by atoms with E-state index < -0.39 is 0 Å². The third-order valence-corrected chi connectivity index (χ3v) is 5.13. The van der Waals surface area contributed by atoms with Gasteiger partial charge in [0, 0.05) is 25.2 Å². The Morgan fingerprint density at radius 3 is 2.57 bits per heavy atom. The predicted molar refractivity (Wildman–Crippen MR) is 89.4 cm³/mol. The maximum absolute atomic E-state index is 2.76. The molecule has 0 aromatic heterocycles. The second kappa shape index (κ2) is 6.10. The summed E-state index contributed by atoms with van der Waals surface area (Å²) in [5, 5.41) is 0. The molecule has 2 atom stereocenters. The number of rotatable bonds is 3. The van der Waals surface area contributed by atoms with Crippen LogP contribution < -0.4 is 0 Å². The van der Waals surface area contributed by atoms with Crippen LogP contribution in [0.15, 0.2) is 30.3 Å². The third kappa shape index (κ3) is 3.67. The molecular formula is C19H30N2. The van der Waals surface area contributed by atoms with Gasteiger partial charge in [-0.15, -0.1) is 0 Å². The first kappa shape index (κ1) is 15.1. The smallest absolute Gasteiger partial charge is 0.0475 e. The zero-order valence-corrected chi connectivity index (χ0v) is 13.9. The quantitative estimate of drug-likeness (QED) is 0.830. The summed E-state index contributed by atoms with van der Waals surface area (Å²) in [4.78, 5) is 5.48. The Balaban J connectivity index is 1.76. The van der Waals surface area contributed by atoms with E-state index in [2.05, 4.69) is 60.9 Å². The first-order valence-electron chi connectivity index (χ1n) is 8.56. The second-order valence-electron chi connectivity index (χ2n) is 8.02. The van der Waals surface area contributed by atoms with Crippen molar-refractivity contribution >= 4 is 0 Å². The highest BCUT2D eigenvalue weighted by molar-refractivity contribution is 5.20. The van der Waals surface area contributed by atoms with Gasteiger partial charge in [-0.25, -0.2) is 0 Å². The fourth-order valence-corrected chi connectivity index (χ4v) is 3.80. The summed E-state index contributed by atoms with van der Waals surface area (Å²) in [6.45, 7) is 12.1. The number of hydrogen-bond donors (Lipinski definition) is 0. The van der Waals surface area contributed by atoms with Crippen molar-refractivity contribution in [3.63, 3.8) is 0 Å². The Morgan fingerprint density at radius 1 is 1.10 bits per heavy atom. The van der Waals surface area contributed by atoms with E-state index >= 15 is 0 Å². The van der Waals surface area contributed by atoms with Crippen LogP contribution in [0.2, 0.25) is 0 Å². The van der Waals surface area contributed by atoms with Gasteiger partial charge in [0.15, 0.2) is 0 Å². The predicted octanol–water partition coefficient (Wildman–Crippen LogP) is 3.94. The highest BCUT2D eigenvalue weighted by atomic mass is 15.3. The maximum Gasteiger partial charge on any atom is 0.0475 e.